The van der Waals surface area contributed by atoms with Crippen molar-refractivity contribution in [3.8, 4) is 0 Å². The monoisotopic (exact) mass is 266 g/mol. The van der Waals surface area contributed by atoms with Gasteiger partial charge in [0, 0.05) is 7.05 Å². The average Bonchev–Trinajstić information content (AvgIpc) is 2.16. The number of nitrogens with zero attached hydrogens (tertiary/aromatic N) is 1. The van der Waals surface area contributed by atoms with Crippen LogP contribution in [0.3, 0.4) is 0 Å². The van der Waals surface area contributed by atoms with Gasteiger partial charge in [-0.1, -0.05) is 0 Å². The Morgan fingerprint density at radius 3 is 2.18 bits per heavy atom. The first kappa shape index (κ1) is 15.9. The van der Waals surface area contributed by atoms with E-state index in [0.29, 0.717) is 0 Å². The molecule has 0 atom stereocenters. The van der Waals surface area contributed by atoms with Gasteiger partial charge in [0.25, 0.3) is 0 Å². The van der Waals surface area contributed by atoms with Crippen LogP contribution in [0.4, 0.5) is 0 Å². The molecule has 8 heteroatoms. The lowest BCUT2D eigenvalue weighted by Gasteiger charge is -2.23. The molecule has 0 aliphatic heterocycles. The molecular weight excluding hydrogens is 248 g/mol. The Morgan fingerprint density at radius 1 is 1.35 bits per heavy atom. The summed E-state index contributed by atoms with van der Waals surface area (Å²) < 4.78 is 23.6. The molecule has 0 bridgehead atoms. The van der Waals surface area contributed by atoms with E-state index in [1.807, 2.05) is 0 Å². The molecule has 7 nitrogen and oxygen atoms in total. The fourth-order valence-electron chi connectivity index (χ4n) is 0.963. The molecule has 0 saturated heterocycles. The number of carbonyl (C=O) groups is 2. The summed E-state index contributed by atoms with van der Waals surface area (Å²) in [6, 6.07) is 0. The third-order valence-electron chi connectivity index (χ3n) is 2.19. The SMILES string of the molecule is CCS(=O)(=O)N(C)CC(=O)NC(C)(C)C(=O)O. The number of likely N-dealkylation sites (N-methyl/N-ethyl adjacent to an activating group) is 1. The zero-order valence-corrected chi connectivity index (χ0v) is 11.2. The van der Waals surface area contributed by atoms with Gasteiger partial charge in [-0.3, -0.25) is 4.79 Å². The predicted molar refractivity (Wildman–Crippen MR) is 61.9 cm³/mol. The lowest BCUT2D eigenvalue weighted by atomic mass is 10.1. The van der Waals surface area contributed by atoms with E-state index in [1.165, 1.54) is 27.8 Å². The Hall–Kier alpha value is -1.15. The molecule has 0 aliphatic rings. The van der Waals surface area contributed by atoms with Crippen LogP contribution in [-0.4, -0.2) is 54.6 Å². The lowest BCUT2D eigenvalue weighted by molar-refractivity contribution is -0.146. The van der Waals surface area contributed by atoms with Crippen LogP contribution < -0.4 is 5.32 Å². The number of carboxylic acids is 1. The highest BCUT2D eigenvalue weighted by atomic mass is 32.2. The van der Waals surface area contributed by atoms with E-state index in [4.69, 9.17) is 5.11 Å². The van der Waals surface area contributed by atoms with E-state index < -0.39 is 34.0 Å². The van der Waals surface area contributed by atoms with Gasteiger partial charge in [0.05, 0.1) is 12.3 Å². The number of rotatable bonds is 6. The van der Waals surface area contributed by atoms with Gasteiger partial charge < -0.3 is 10.4 Å². The zero-order chi connectivity index (χ0) is 13.9. The molecule has 100 valence electrons. The maximum absolute atomic E-state index is 11.5. The summed E-state index contributed by atoms with van der Waals surface area (Å²) in [5.41, 5.74) is -1.42. The van der Waals surface area contributed by atoms with Gasteiger partial charge in [0.2, 0.25) is 15.9 Å². The Kier molecular flexibility index (Phi) is 5.09. The van der Waals surface area contributed by atoms with E-state index in [1.54, 1.807) is 0 Å². The molecular formula is C9H18N2O5S. The molecule has 0 aromatic rings. The highest BCUT2D eigenvalue weighted by Gasteiger charge is 2.30. The molecule has 1 amide bonds. The van der Waals surface area contributed by atoms with Gasteiger partial charge in [0.1, 0.15) is 5.54 Å². The number of sulfonamides is 1. The average molecular weight is 266 g/mol. The number of aliphatic carboxylic acids is 1. The standard InChI is InChI=1S/C9H18N2O5S/c1-5-17(15,16)11(4)6-7(12)10-9(2,3)8(13)14/h5-6H2,1-4H3,(H,10,12)(H,13,14). The second-order valence-electron chi connectivity index (χ2n) is 4.13. The molecule has 0 aromatic carbocycles. The summed E-state index contributed by atoms with van der Waals surface area (Å²) >= 11 is 0. The summed E-state index contributed by atoms with van der Waals surface area (Å²) in [6.07, 6.45) is 0. The van der Waals surface area contributed by atoms with Crippen molar-refractivity contribution in [3.63, 3.8) is 0 Å². The summed E-state index contributed by atoms with van der Waals surface area (Å²) in [4.78, 5) is 22.2. The summed E-state index contributed by atoms with van der Waals surface area (Å²) in [7, 11) is -2.17. The number of hydrogen-bond donors (Lipinski definition) is 2. The van der Waals surface area contributed by atoms with Crippen molar-refractivity contribution in [1.82, 2.24) is 9.62 Å². The number of carbonyl (C=O) groups excluding carboxylic acids is 1. The predicted octanol–water partition coefficient (Wildman–Crippen LogP) is -0.753. The lowest BCUT2D eigenvalue weighted by Crippen LogP contribution is -2.52. The third kappa shape index (κ3) is 4.70. The fraction of sp³-hybridized carbons (Fsp3) is 0.778. The van der Waals surface area contributed by atoms with E-state index in [0.717, 1.165) is 4.31 Å². The first-order chi connectivity index (χ1) is 7.53. The maximum Gasteiger partial charge on any atom is 0.328 e. The minimum absolute atomic E-state index is 0.112. The van der Waals surface area contributed by atoms with Crippen molar-refractivity contribution >= 4 is 21.9 Å². The van der Waals surface area contributed by atoms with Gasteiger partial charge >= 0.3 is 5.97 Å². The van der Waals surface area contributed by atoms with Crippen LogP contribution in [0.5, 0.6) is 0 Å². The minimum atomic E-state index is -3.44. The first-order valence-electron chi connectivity index (χ1n) is 5.01. The van der Waals surface area contributed by atoms with Crippen LogP contribution in [0.25, 0.3) is 0 Å². The molecule has 0 rings (SSSR count). The molecule has 0 fully saturated rings. The summed E-state index contributed by atoms with van der Waals surface area (Å²) in [5.74, 6) is -1.96. The molecule has 0 radical (unpaired) electrons. The molecule has 0 spiro atoms. The van der Waals surface area contributed by atoms with E-state index in [9.17, 15) is 18.0 Å². The van der Waals surface area contributed by atoms with Crippen LogP contribution in [0.15, 0.2) is 0 Å². The van der Waals surface area contributed by atoms with Gasteiger partial charge in [-0.05, 0) is 20.8 Å². The van der Waals surface area contributed by atoms with Crippen LogP contribution in [0, 0.1) is 0 Å². The summed E-state index contributed by atoms with van der Waals surface area (Å²) in [5, 5.41) is 11.0. The van der Waals surface area contributed by atoms with Gasteiger partial charge in [0.15, 0.2) is 0 Å². The van der Waals surface area contributed by atoms with Crippen molar-refractivity contribution < 1.29 is 23.1 Å². The summed E-state index contributed by atoms with van der Waals surface area (Å²) in [6.45, 7) is 3.71. The van der Waals surface area contributed by atoms with Crippen LogP contribution in [0.1, 0.15) is 20.8 Å². The smallest absolute Gasteiger partial charge is 0.328 e. The Morgan fingerprint density at radius 2 is 1.82 bits per heavy atom. The second kappa shape index (κ2) is 5.46. The van der Waals surface area contributed by atoms with Crippen LogP contribution in [-0.2, 0) is 19.6 Å². The van der Waals surface area contributed by atoms with Crippen molar-refractivity contribution in [2.75, 3.05) is 19.3 Å². The van der Waals surface area contributed by atoms with Gasteiger partial charge in [-0.15, -0.1) is 0 Å². The largest absolute Gasteiger partial charge is 0.480 e. The van der Waals surface area contributed by atoms with Crippen molar-refractivity contribution in [2.24, 2.45) is 0 Å². The highest BCUT2D eigenvalue weighted by Crippen LogP contribution is 2.03. The second-order valence-corrected chi connectivity index (χ2v) is 6.50. The Bertz CT molecular complexity index is 402. The number of nitrogens with one attached hydrogen (secondary N) is 1. The number of carboxylic acid groups (broad SMARTS) is 1. The van der Waals surface area contributed by atoms with Crippen molar-refractivity contribution in [1.29, 1.82) is 0 Å². The Balaban J connectivity index is 4.54. The highest BCUT2D eigenvalue weighted by molar-refractivity contribution is 7.89. The van der Waals surface area contributed by atoms with E-state index in [-0.39, 0.29) is 5.75 Å². The molecule has 0 aromatic heterocycles. The van der Waals surface area contributed by atoms with Crippen LogP contribution >= 0.6 is 0 Å². The number of amides is 1. The van der Waals surface area contributed by atoms with Crippen LogP contribution in [0.2, 0.25) is 0 Å². The normalized spacial score (nSPS) is 12.5. The van der Waals surface area contributed by atoms with E-state index >= 15 is 0 Å². The minimum Gasteiger partial charge on any atom is -0.480 e. The quantitative estimate of drug-likeness (QED) is 0.658. The third-order valence-corrected chi connectivity index (χ3v) is 4.00. The maximum atomic E-state index is 11.5. The molecule has 0 unspecified atom stereocenters. The molecule has 0 aliphatic carbocycles. The molecule has 0 saturated carbocycles. The first-order valence-corrected chi connectivity index (χ1v) is 6.62. The van der Waals surface area contributed by atoms with Crippen molar-refractivity contribution in [2.45, 2.75) is 26.3 Å². The topological polar surface area (TPSA) is 104 Å². The molecule has 0 heterocycles. The molecule has 17 heavy (non-hydrogen) atoms. The van der Waals surface area contributed by atoms with Crippen molar-refractivity contribution in [3.05, 3.63) is 0 Å². The molecule has 2 N–H and O–H groups in total. The van der Waals surface area contributed by atoms with Gasteiger partial charge in [-0.25, -0.2) is 13.2 Å². The Labute approximate surface area is 101 Å². The number of hydrogen-bond acceptors (Lipinski definition) is 4. The van der Waals surface area contributed by atoms with E-state index in [2.05, 4.69) is 5.32 Å². The fourth-order valence-corrected chi connectivity index (χ4v) is 1.72. The zero-order valence-electron chi connectivity index (χ0n) is 10.3. The van der Waals surface area contributed by atoms with Gasteiger partial charge in [-0.2, -0.15) is 4.31 Å².